The van der Waals surface area contributed by atoms with Gasteiger partial charge in [0.05, 0.1) is 11.3 Å². The van der Waals surface area contributed by atoms with Crippen LogP contribution in [0, 0.1) is 11.3 Å². The van der Waals surface area contributed by atoms with E-state index in [1.807, 2.05) is 4.72 Å². The Morgan fingerprint density at radius 1 is 1.50 bits per heavy atom. The second kappa shape index (κ2) is 4.49. The Bertz CT molecular complexity index is 577. The van der Waals surface area contributed by atoms with Crippen LogP contribution in [0.3, 0.4) is 0 Å². The Kier molecular flexibility index (Phi) is 3.49. The first-order chi connectivity index (χ1) is 7.33. The number of carbonyl (C=O) groups is 1. The summed E-state index contributed by atoms with van der Waals surface area (Å²) in [6.07, 6.45) is 0. The van der Waals surface area contributed by atoms with E-state index in [1.165, 1.54) is 12.1 Å². The molecule has 0 fully saturated rings. The van der Waals surface area contributed by atoms with Crippen LogP contribution in [0.15, 0.2) is 18.2 Å². The molecule has 1 aromatic rings. The first kappa shape index (κ1) is 12.4. The smallest absolute Gasteiger partial charge is 0.276 e. The van der Waals surface area contributed by atoms with Crippen molar-refractivity contribution < 1.29 is 13.2 Å². The summed E-state index contributed by atoms with van der Waals surface area (Å²) in [5, 5.41) is 12.7. The highest BCUT2D eigenvalue weighted by Gasteiger charge is 2.11. The Morgan fingerprint density at radius 2 is 2.12 bits per heavy atom. The van der Waals surface area contributed by atoms with E-state index < -0.39 is 15.5 Å². The fourth-order valence-electron chi connectivity index (χ4n) is 1.00. The molecule has 0 saturated heterocycles. The number of nitrogens with one attached hydrogen (secondary N) is 1. The zero-order chi connectivity index (χ0) is 12.3. The number of carbonyl (C=O) groups excluding carboxylic acids is 1. The fourth-order valence-corrected chi connectivity index (χ4v) is 1.59. The van der Waals surface area contributed by atoms with Crippen molar-refractivity contribution in [3.63, 3.8) is 0 Å². The molecule has 8 heteroatoms. The second-order valence-corrected chi connectivity index (χ2v) is 4.43. The van der Waals surface area contributed by atoms with E-state index in [2.05, 4.69) is 0 Å². The molecule has 84 valence electrons. The number of nitrogens with zero attached hydrogens (tertiary/aromatic N) is 1. The molecule has 0 spiro atoms. The maximum absolute atomic E-state index is 10.8. The molecule has 0 aliphatic carbocycles. The minimum absolute atomic E-state index is 0.0377. The van der Waals surface area contributed by atoms with Crippen molar-refractivity contribution >= 4 is 32.7 Å². The number of nitriles is 1. The van der Waals surface area contributed by atoms with Gasteiger partial charge in [0, 0.05) is 5.56 Å². The van der Waals surface area contributed by atoms with Crippen LogP contribution in [0.25, 0.3) is 0 Å². The zero-order valence-corrected chi connectivity index (χ0v) is 9.34. The highest BCUT2D eigenvalue weighted by Crippen LogP contribution is 2.18. The van der Waals surface area contributed by atoms with E-state index >= 15 is 0 Å². The van der Waals surface area contributed by atoms with Crippen molar-refractivity contribution in [1.29, 1.82) is 5.26 Å². The lowest BCUT2D eigenvalue weighted by molar-refractivity contribution is 0.108. The van der Waals surface area contributed by atoms with E-state index in [4.69, 9.17) is 22.0 Å². The number of halogens is 1. The molecule has 0 unspecified atom stereocenters. The van der Waals surface area contributed by atoms with Crippen LogP contribution in [0.1, 0.15) is 15.9 Å². The third kappa shape index (κ3) is 3.20. The predicted molar refractivity (Wildman–Crippen MR) is 58.1 cm³/mol. The predicted octanol–water partition coefficient (Wildman–Crippen LogP) is 0.553. The standard InChI is InChI=1S/C8H6ClN3O3S/c9-8(13)5-1-2-6(4-10)7(3-5)12-16(11,14)15/h1-3,12H,(H2,11,14,15). The monoisotopic (exact) mass is 259 g/mol. The average Bonchev–Trinajstić information content (AvgIpc) is 2.15. The van der Waals surface area contributed by atoms with Gasteiger partial charge in [-0.25, -0.2) is 5.14 Å². The molecular formula is C8H6ClN3O3S. The lowest BCUT2D eigenvalue weighted by Gasteiger charge is -2.06. The van der Waals surface area contributed by atoms with E-state index in [0.29, 0.717) is 0 Å². The molecule has 16 heavy (non-hydrogen) atoms. The molecule has 0 heterocycles. The molecule has 0 aliphatic rings. The lowest BCUT2D eigenvalue weighted by atomic mass is 10.1. The van der Waals surface area contributed by atoms with Crippen LogP contribution in [-0.2, 0) is 10.2 Å². The number of hydrogen-bond donors (Lipinski definition) is 2. The molecule has 0 aromatic heterocycles. The molecule has 1 aromatic carbocycles. The van der Waals surface area contributed by atoms with Gasteiger partial charge in [0.1, 0.15) is 6.07 Å². The van der Waals surface area contributed by atoms with Crippen LogP contribution in [0.2, 0.25) is 0 Å². The van der Waals surface area contributed by atoms with E-state index in [9.17, 15) is 13.2 Å². The topological polar surface area (TPSA) is 113 Å². The maximum Gasteiger partial charge on any atom is 0.296 e. The molecule has 3 N–H and O–H groups in total. The third-order valence-electron chi connectivity index (χ3n) is 1.62. The first-order valence-corrected chi connectivity index (χ1v) is 5.80. The van der Waals surface area contributed by atoms with Gasteiger partial charge in [0.15, 0.2) is 0 Å². The second-order valence-electron chi connectivity index (χ2n) is 2.79. The van der Waals surface area contributed by atoms with Crippen LogP contribution in [0.4, 0.5) is 5.69 Å². The highest BCUT2D eigenvalue weighted by molar-refractivity contribution is 7.90. The summed E-state index contributed by atoms with van der Waals surface area (Å²) in [7, 11) is -4.01. The van der Waals surface area contributed by atoms with E-state index in [-0.39, 0.29) is 16.8 Å². The SMILES string of the molecule is N#Cc1ccc(C(=O)Cl)cc1NS(N)(=O)=O. The van der Waals surface area contributed by atoms with Crippen molar-refractivity contribution in [2.45, 2.75) is 0 Å². The normalized spacial score (nSPS) is 10.6. The largest absolute Gasteiger partial charge is 0.296 e. The molecule has 0 aliphatic heterocycles. The van der Waals surface area contributed by atoms with Crippen LogP contribution >= 0.6 is 11.6 Å². The van der Waals surface area contributed by atoms with Gasteiger partial charge in [-0.2, -0.15) is 13.7 Å². The fraction of sp³-hybridized carbons (Fsp3) is 0. The quantitative estimate of drug-likeness (QED) is 0.772. The van der Waals surface area contributed by atoms with Crippen molar-refractivity contribution in [3.05, 3.63) is 29.3 Å². The minimum atomic E-state index is -4.01. The Hall–Kier alpha value is -1.62. The highest BCUT2D eigenvalue weighted by atomic mass is 35.5. The Morgan fingerprint density at radius 3 is 2.56 bits per heavy atom. The van der Waals surface area contributed by atoms with Gasteiger partial charge < -0.3 is 0 Å². The summed E-state index contributed by atoms with van der Waals surface area (Å²) in [5.74, 6) is 0. The van der Waals surface area contributed by atoms with Gasteiger partial charge in [0.2, 0.25) is 0 Å². The number of nitrogens with two attached hydrogens (primary N) is 1. The lowest BCUT2D eigenvalue weighted by Crippen LogP contribution is -2.22. The Labute approximate surface area is 96.8 Å². The molecule has 0 radical (unpaired) electrons. The van der Waals surface area contributed by atoms with Gasteiger partial charge in [-0.05, 0) is 29.8 Å². The molecule has 0 bridgehead atoms. The van der Waals surface area contributed by atoms with Crippen molar-refractivity contribution in [3.8, 4) is 6.07 Å². The van der Waals surface area contributed by atoms with Gasteiger partial charge in [-0.15, -0.1) is 0 Å². The van der Waals surface area contributed by atoms with Crippen LogP contribution in [-0.4, -0.2) is 13.7 Å². The summed E-state index contributed by atoms with van der Waals surface area (Å²) in [5.41, 5.74) is 0.0130. The summed E-state index contributed by atoms with van der Waals surface area (Å²) in [6, 6.07) is 5.46. The van der Waals surface area contributed by atoms with Crippen LogP contribution in [0.5, 0.6) is 0 Å². The van der Waals surface area contributed by atoms with Crippen molar-refractivity contribution in [2.24, 2.45) is 5.14 Å². The van der Waals surface area contributed by atoms with Crippen molar-refractivity contribution in [2.75, 3.05) is 4.72 Å². The van der Waals surface area contributed by atoms with E-state index in [0.717, 1.165) is 6.07 Å². The molecule has 0 atom stereocenters. The van der Waals surface area contributed by atoms with Gasteiger partial charge in [-0.1, -0.05) is 0 Å². The van der Waals surface area contributed by atoms with Gasteiger partial charge in [-0.3, -0.25) is 9.52 Å². The zero-order valence-electron chi connectivity index (χ0n) is 7.77. The van der Waals surface area contributed by atoms with Gasteiger partial charge >= 0.3 is 0 Å². The summed E-state index contributed by atoms with van der Waals surface area (Å²) < 4.78 is 23.5. The number of hydrogen-bond acceptors (Lipinski definition) is 4. The average molecular weight is 260 g/mol. The molecular weight excluding hydrogens is 254 g/mol. The summed E-state index contributed by atoms with van der Waals surface area (Å²) >= 11 is 5.21. The summed E-state index contributed by atoms with van der Waals surface area (Å²) in [6.45, 7) is 0. The minimum Gasteiger partial charge on any atom is -0.276 e. The third-order valence-corrected chi connectivity index (χ3v) is 2.34. The maximum atomic E-state index is 10.8. The Balaban J connectivity index is 3.29. The molecule has 0 saturated carbocycles. The molecule has 1 rings (SSSR count). The first-order valence-electron chi connectivity index (χ1n) is 3.88. The van der Waals surface area contributed by atoms with Crippen LogP contribution < -0.4 is 9.86 Å². The van der Waals surface area contributed by atoms with E-state index in [1.54, 1.807) is 6.07 Å². The van der Waals surface area contributed by atoms with Crippen molar-refractivity contribution in [1.82, 2.24) is 0 Å². The van der Waals surface area contributed by atoms with Gasteiger partial charge in [0.25, 0.3) is 15.5 Å². The summed E-state index contributed by atoms with van der Waals surface area (Å²) in [4.78, 5) is 10.8. The molecule has 0 amide bonds. The number of anilines is 1. The number of benzene rings is 1. The molecule has 6 nitrogen and oxygen atoms in total. The number of rotatable bonds is 3.